The Morgan fingerprint density at radius 1 is 1.32 bits per heavy atom. The third-order valence-electron chi connectivity index (χ3n) is 4.49. The lowest BCUT2D eigenvalue weighted by Crippen LogP contribution is -2.23. The van der Waals surface area contributed by atoms with Gasteiger partial charge in [0.1, 0.15) is 5.69 Å². The Labute approximate surface area is 128 Å². The van der Waals surface area contributed by atoms with Gasteiger partial charge in [0.05, 0.1) is 17.9 Å². The predicted octanol–water partition coefficient (Wildman–Crippen LogP) is 0.409. The third kappa shape index (κ3) is 2.10. The van der Waals surface area contributed by atoms with Crippen LogP contribution < -0.4 is 0 Å². The van der Waals surface area contributed by atoms with Gasteiger partial charge in [-0.25, -0.2) is 0 Å². The molecule has 3 rings (SSSR count). The molecule has 1 aromatic heterocycles. The van der Waals surface area contributed by atoms with Gasteiger partial charge in [-0.15, -0.1) is 0 Å². The Morgan fingerprint density at radius 3 is 2.55 bits per heavy atom. The van der Waals surface area contributed by atoms with Crippen LogP contribution in [-0.2, 0) is 20.1 Å². The number of hydrogen-bond acceptors (Lipinski definition) is 5. The molecule has 0 saturated carbocycles. The second-order valence-electron chi connectivity index (χ2n) is 5.92. The van der Waals surface area contributed by atoms with Crippen LogP contribution in [0.3, 0.4) is 0 Å². The van der Waals surface area contributed by atoms with Gasteiger partial charge < -0.3 is 19.7 Å². The maximum atomic E-state index is 12.8. The average molecular weight is 304 g/mol. The summed E-state index contributed by atoms with van der Waals surface area (Å²) in [5, 5.41) is 18.7. The summed E-state index contributed by atoms with van der Waals surface area (Å²) >= 11 is 0. The van der Waals surface area contributed by atoms with Crippen molar-refractivity contribution in [3.05, 3.63) is 34.3 Å². The fourth-order valence-corrected chi connectivity index (χ4v) is 3.23. The Bertz CT molecular complexity index is 687. The maximum Gasteiger partial charge on any atom is 0.211 e. The number of fused-ring (bicyclic) bond motifs is 1. The summed E-state index contributed by atoms with van der Waals surface area (Å²) in [6.45, 7) is 2.51. The highest BCUT2D eigenvalue weighted by atomic mass is 16.3. The first-order valence-corrected chi connectivity index (χ1v) is 7.50. The monoisotopic (exact) mass is 304 g/mol. The molecule has 1 aliphatic carbocycles. The fraction of sp³-hybridized carbons (Fsp3) is 0.500. The fourth-order valence-electron chi connectivity index (χ4n) is 3.23. The van der Waals surface area contributed by atoms with Gasteiger partial charge >= 0.3 is 0 Å². The Hall–Kier alpha value is -1.92. The van der Waals surface area contributed by atoms with Crippen LogP contribution in [0.5, 0.6) is 0 Å². The van der Waals surface area contributed by atoms with Gasteiger partial charge in [0.15, 0.2) is 0 Å². The summed E-state index contributed by atoms with van der Waals surface area (Å²) in [4.78, 5) is 27.1. The number of nitrogens with zero attached hydrogens (tertiary/aromatic N) is 2. The van der Waals surface area contributed by atoms with Gasteiger partial charge in [-0.05, 0) is 19.8 Å². The Kier molecular flexibility index (Phi) is 3.66. The van der Waals surface area contributed by atoms with Crippen LogP contribution in [0.4, 0.5) is 0 Å². The van der Waals surface area contributed by atoms with Crippen LogP contribution >= 0.6 is 0 Å². The van der Waals surface area contributed by atoms with Gasteiger partial charge in [-0.3, -0.25) is 9.59 Å². The highest BCUT2D eigenvalue weighted by Crippen LogP contribution is 2.35. The van der Waals surface area contributed by atoms with Crippen LogP contribution in [0.1, 0.15) is 45.4 Å². The first kappa shape index (κ1) is 15.0. The van der Waals surface area contributed by atoms with Crippen molar-refractivity contribution in [3.63, 3.8) is 0 Å². The van der Waals surface area contributed by atoms with E-state index in [2.05, 4.69) is 0 Å². The molecule has 0 bridgehead atoms. The lowest BCUT2D eigenvalue weighted by Gasteiger charge is -2.15. The van der Waals surface area contributed by atoms with E-state index in [1.165, 1.54) is 6.08 Å². The van der Waals surface area contributed by atoms with Gasteiger partial charge in [0.25, 0.3) is 0 Å². The van der Waals surface area contributed by atoms with Crippen molar-refractivity contribution in [2.45, 2.75) is 32.4 Å². The van der Waals surface area contributed by atoms with Crippen molar-refractivity contribution in [1.29, 1.82) is 0 Å². The quantitative estimate of drug-likeness (QED) is 0.770. The molecule has 2 aliphatic rings. The van der Waals surface area contributed by atoms with Crippen molar-refractivity contribution >= 4 is 11.6 Å². The maximum absolute atomic E-state index is 12.8. The number of allylic oxidation sites excluding steroid dienone is 2. The summed E-state index contributed by atoms with van der Waals surface area (Å²) in [5.41, 5.74) is 2.37. The van der Waals surface area contributed by atoms with E-state index in [9.17, 15) is 14.7 Å². The van der Waals surface area contributed by atoms with Crippen LogP contribution in [0.2, 0.25) is 0 Å². The summed E-state index contributed by atoms with van der Waals surface area (Å²) < 4.78 is 1.69. The van der Waals surface area contributed by atoms with Crippen molar-refractivity contribution in [3.8, 4) is 0 Å². The summed E-state index contributed by atoms with van der Waals surface area (Å²) in [5.74, 6) is -0.384. The van der Waals surface area contributed by atoms with Gasteiger partial charge in [0.2, 0.25) is 11.6 Å². The number of carbonyl (C=O) groups is 2. The second kappa shape index (κ2) is 5.37. The van der Waals surface area contributed by atoms with Crippen LogP contribution in [-0.4, -0.2) is 50.4 Å². The minimum atomic E-state index is -0.286. The minimum Gasteiger partial charge on any atom is -0.396 e. The molecule has 1 unspecified atom stereocenters. The predicted molar refractivity (Wildman–Crippen MR) is 79.7 cm³/mol. The van der Waals surface area contributed by atoms with E-state index in [4.69, 9.17) is 5.11 Å². The topological polar surface area (TPSA) is 82.5 Å². The molecule has 1 fully saturated rings. The number of Topliss-reactive ketones (excluding diaryl/α,β-unsaturated/α-hetero) is 1. The Morgan fingerprint density at radius 2 is 2.00 bits per heavy atom. The summed E-state index contributed by atoms with van der Waals surface area (Å²) in [6.07, 6.45) is 2.45. The molecule has 6 nitrogen and oxygen atoms in total. The van der Waals surface area contributed by atoms with E-state index in [1.807, 2.05) is 11.8 Å². The molecule has 6 heteroatoms. The zero-order valence-corrected chi connectivity index (χ0v) is 12.8. The molecular formula is C16H20N2O4. The molecule has 2 N–H and O–H groups in total. The molecule has 1 saturated heterocycles. The highest BCUT2D eigenvalue weighted by Gasteiger charge is 2.41. The van der Waals surface area contributed by atoms with Crippen molar-refractivity contribution in [1.82, 2.24) is 9.47 Å². The number of aromatic nitrogens is 1. The SMILES string of the molecule is CC1CN1C1=CC(=O)c2c(c(CO)c(CCCO)n2C)C1=O. The van der Waals surface area contributed by atoms with Gasteiger partial charge in [0, 0.05) is 43.6 Å². The summed E-state index contributed by atoms with van der Waals surface area (Å²) in [7, 11) is 1.73. The standard InChI is InChI=1S/C16H20N2O4/c1-9-7-18(9)12-6-13(21)15-14(16(12)22)10(8-20)11(17(15)2)4-3-5-19/h6,9,19-20H,3-5,7-8H2,1-2H3. The van der Waals surface area contributed by atoms with E-state index in [-0.39, 0.29) is 30.8 Å². The number of carbonyl (C=O) groups excluding carboxylic acids is 2. The van der Waals surface area contributed by atoms with E-state index in [1.54, 1.807) is 11.6 Å². The van der Waals surface area contributed by atoms with Crippen LogP contribution in [0, 0.1) is 0 Å². The van der Waals surface area contributed by atoms with Crippen LogP contribution in [0.15, 0.2) is 11.8 Å². The van der Waals surface area contributed by atoms with Crippen molar-refractivity contribution in [2.24, 2.45) is 7.05 Å². The first-order valence-electron chi connectivity index (χ1n) is 7.50. The second-order valence-corrected chi connectivity index (χ2v) is 5.92. The number of aliphatic hydroxyl groups excluding tert-OH is 2. The van der Waals surface area contributed by atoms with E-state index in [0.29, 0.717) is 35.4 Å². The highest BCUT2D eigenvalue weighted by molar-refractivity contribution is 6.24. The van der Waals surface area contributed by atoms with E-state index in [0.717, 1.165) is 12.2 Å². The average Bonchev–Trinajstić information content (AvgIpc) is 3.13. The molecule has 118 valence electrons. The molecule has 1 aromatic rings. The summed E-state index contributed by atoms with van der Waals surface area (Å²) in [6, 6.07) is 0.277. The molecular weight excluding hydrogens is 284 g/mol. The molecule has 1 aliphatic heterocycles. The van der Waals surface area contributed by atoms with Crippen LogP contribution in [0.25, 0.3) is 0 Å². The lowest BCUT2D eigenvalue weighted by molar-refractivity contribution is 0.0963. The molecule has 0 spiro atoms. The molecule has 0 radical (unpaired) electrons. The smallest absolute Gasteiger partial charge is 0.211 e. The zero-order chi connectivity index (χ0) is 16.0. The molecule has 22 heavy (non-hydrogen) atoms. The Balaban J connectivity index is 2.09. The number of rotatable bonds is 5. The number of hydrogen-bond donors (Lipinski definition) is 2. The number of ketones is 2. The number of aliphatic hydroxyl groups is 2. The molecule has 1 atom stereocenters. The van der Waals surface area contributed by atoms with Crippen molar-refractivity contribution < 1.29 is 19.8 Å². The van der Waals surface area contributed by atoms with Crippen molar-refractivity contribution in [2.75, 3.05) is 13.2 Å². The third-order valence-corrected chi connectivity index (χ3v) is 4.49. The molecule has 0 aromatic carbocycles. The molecule has 2 heterocycles. The molecule has 0 amide bonds. The van der Waals surface area contributed by atoms with Gasteiger partial charge in [-0.1, -0.05) is 0 Å². The van der Waals surface area contributed by atoms with Gasteiger partial charge in [-0.2, -0.15) is 0 Å². The zero-order valence-electron chi connectivity index (χ0n) is 12.8. The first-order chi connectivity index (χ1) is 10.5. The minimum absolute atomic E-state index is 0.0252. The normalized spacial score (nSPS) is 20.3. The van der Waals surface area contributed by atoms with E-state index < -0.39 is 0 Å². The lowest BCUT2D eigenvalue weighted by atomic mass is 9.94. The largest absolute Gasteiger partial charge is 0.396 e. The van der Waals surface area contributed by atoms with E-state index >= 15 is 0 Å².